The summed E-state index contributed by atoms with van der Waals surface area (Å²) in [5, 5.41) is 9.25. The zero-order valence-electron chi connectivity index (χ0n) is 12.3. The summed E-state index contributed by atoms with van der Waals surface area (Å²) < 4.78 is 0.842. The van der Waals surface area contributed by atoms with E-state index in [-0.39, 0.29) is 24.4 Å². The van der Waals surface area contributed by atoms with Crippen molar-refractivity contribution in [1.29, 1.82) is 0 Å². The molecule has 2 aliphatic rings. The van der Waals surface area contributed by atoms with Crippen molar-refractivity contribution in [3.63, 3.8) is 0 Å². The Labute approximate surface area is 138 Å². The number of piperidine rings is 1. The SMILES string of the molecule is O=C(CNC(=O)c1cccc(Br)c1)NC1CC2CCC(C1)N2. The van der Waals surface area contributed by atoms with E-state index in [1.807, 2.05) is 6.07 Å². The molecule has 2 amide bonds. The van der Waals surface area contributed by atoms with Gasteiger partial charge in [0.15, 0.2) is 0 Å². The quantitative estimate of drug-likeness (QED) is 0.758. The van der Waals surface area contributed by atoms with Crippen LogP contribution in [0.15, 0.2) is 28.7 Å². The lowest BCUT2D eigenvalue weighted by molar-refractivity contribution is -0.121. The van der Waals surface area contributed by atoms with Crippen LogP contribution in [0.3, 0.4) is 0 Å². The second kappa shape index (κ2) is 6.79. The number of rotatable bonds is 4. The highest BCUT2D eigenvalue weighted by atomic mass is 79.9. The molecule has 0 aromatic heterocycles. The summed E-state index contributed by atoms with van der Waals surface area (Å²) in [6.45, 7) is 0.0185. The van der Waals surface area contributed by atoms with Gasteiger partial charge in [-0.05, 0) is 43.9 Å². The second-order valence-corrected chi connectivity index (χ2v) is 6.98. The Hall–Kier alpha value is -1.40. The van der Waals surface area contributed by atoms with Gasteiger partial charge in [0.25, 0.3) is 5.91 Å². The molecule has 2 fully saturated rings. The standard InChI is InChI=1S/C16H20BrN3O2/c17-11-3-1-2-10(6-11)16(22)18-9-15(21)20-14-7-12-4-5-13(8-14)19-12/h1-3,6,12-14,19H,4-5,7-9H2,(H,18,22)(H,20,21). The predicted molar refractivity (Wildman–Crippen MR) is 87.6 cm³/mol. The number of carbonyl (C=O) groups is 2. The fourth-order valence-corrected chi connectivity index (χ4v) is 3.75. The van der Waals surface area contributed by atoms with Crippen molar-refractivity contribution in [2.45, 2.75) is 43.8 Å². The number of hydrogen-bond donors (Lipinski definition) is 3. The number of benzene rings is 1. The maximum atomic E-state index is 12.0. The molecule has 118 valence electrons. The number of hydrogen-bond acceptors (Lipinski definition) is 3. The van der Waals surface area contributed by atoms with Gasteiger partial charge in [0.05, 0.1) is 6.54 Å². The summed E-state index contributed by atoms with van der Waals surface area (Å²) in [6.07, 6.45) is 4.39. The van der Waals surface area contributed by atoms with Crippen LogP contribution in [0.2, 0.25) is 0 Å². The molecule has 2 saturated heterocycles. The van der Waals surface area contributed by atoms with E-state index in [2.05, 4.69) is 31.9 Å². The zero-order chi connectivity index (χ0) is 15.5. The second-order valence-electron chi connectivity index (χ2n) is 6.07. The molecular formula is C16H20BrN3O2. The minimum Gasteiger partial charge on any atom is -0.352 e. The maximum absolute atomic E-state index is 12.0. The Morgan fingerprint density at radius 3 is 2.64 bits per heavy atom. The molecule has 3 N–H and O–H groups in total. The summed E-state index contributed by atoms with van der Waals surface area (Å²) in [5.41, 5.74) is 0.544. The number of nitrogens with one attached hydrogen (secondary N) is 3. The Bertz CT molecular complexity index is 566. The van der Waals surface area contributed by atoms with E-state index in [0.717, 1.165) is 17.3 Å². The van der Waals surface area contributed by atoms with Gasteiger partial charge in [0.1, 0.15) is 0 Å². The predicted octanol–water partition coefficient (Wildman–Crippen LogP) is 1.58. The molecule has 1 aromatic rings. The molecule has 6 heteroatoms. The average Bonchev–Trinajstić information content (AvgIpc) is 2.83. The molecule has 2 bridgehead atoms. The highest BCUT2D eigenvalue weighted by Gasteiger charge is 2.33. The number of halogens is 1. The summed E-state index contributed by atoms with van der Waals surface area (Å²) in [4.78, 5) is 24.0. The molecule has 2 unspecified atom stereocenters. The Kier molecular flexibility index (Phi) is 4.78. The lowest BCUT2D eigenvalue weighted by Gasteiger charge is -2.29. The first-order chi connectivity index (χ1) is 10.6. The fraction of sp³-hybridized carbons (Fsp3) is 0.500. The van der Waals surface area contributed by atoms with Gasteiger partial charge in [-0.15, -0.1) is 0 Å². The molecule has 0 saturated carbocycles. The summed E-state index contributed by atoms with van der Waals surface area (Å²) in [7, 11) is 0. The third kappa shape index (κ3) is 3.87. The monoisotopic (exact) mass is 365 g/mol. The lowest BCUT2D eigenvalue weighted by Crippen LogP contribution is -2.50. The first-order valence-corrected chi connectivity index (χ1v) is 8.48. The molecule has 1 aromatic carbocycles. The molecular weight excluding hydrogens is 346 g/mol. The van der Waals surface area contributed by atoms with Crippen LogP contribution in [-0.2, 0) is 4.79 Å². The van der Waals surface area contributed by atoms with Gasteiger partial charge in [-0.25, -0.2) is 0 Å². The van der Waals surface area contributed by atoms with Crippen LogP contribution in [0.1, 0.15) is 36.0 Å². The lowest BCUT2D eigenvalue weighted by atomic mass is 10.00. The van der Waals surface area contributed by atoms with Crippen LogP contribution in [0, 0.1) is 0 Å². The molecule has 0 spiro atoms. The topological polar surface area (TPSA) is 70.2 Å². The molecule has 2 aliphatic heterocycles. The number of amides is 2. The van der Waals surface area contributed by atoms with Crippen LogP contribution in [0.4, 0.5) is 0 Å². The van der Waals surface area contributed by atoms with E-state index in [4.69, 9.17) is 0 Å². The average molecular weight is 366 g/mol. The van der Waals surface area contributed by atoms with Crippen molar-refractivity contribution < 1.29 is 9.59 Å². The largest absolute Gasteiger partial charge is 0.352 e. The smallest absolute Gasteiger partial charge is 0.251 e. The van der Waals surface area contributed by atoms with Crippen LogP contribution in [-0.4, -0.2) is 36.5 Å². The minimum atomic E-state index is -0.234. The molecule has 0 radical (unpaired) electrons. The zero-order valence-corrected chi connectivity index (χ0v) is 13.9. The number of fused-ring (bicyclic) bond motifs is 2. The van der Waals surface area contributed by atoms with Crippen LogP contribution >= 0.6 is 15.9 Å². The van der Waals surface area contributed by atoms with Crippen molar-refractivity contribution in [3.8, 4) is 0 Å². The summed E-state index contributed by atoms with van der Waals surface area (Å²) in [6, 6.07) is 8.42. The number of carbonyl (C=O) groups excluding carboxylic acids is 2. The third-order valence-corrected chi connectivity index (χ3v) is 4.83. The molecule has 0 aliphatic carbocycles. The van der Waals surface area contributed by atoms with Gasteiger partial charge in [-0.3, -0.25) is 9.59 Å². The van der Waals surface area contributed by atoms with Crippen molar-refractivity contribution in [3.05, 3.63) is 34.3 Å². The van der Waals surface area contributed by atoms with Gasteiger partial charge in [0.2, 0.25) is 5.91 Å². The molecule has 5 nitrogen and oxygen atoms in total. The first kappa shape index (κ1) is 15.5. The van der Waals surface area contributed by atoms with Crippen molar-refractivity contribution in [2.24, 2.45) is 0 Å². The van der Waals surface area contributed by atoms with E-state index in [1.165, 1.54) is 12.8 Å². The third-order valence-electron chi connectivity index (χ3n) is 4.33. The fourth-order valence-electron chi connectivity index (χ4n) is 3.35. The van der Waals surface area contributed by atoms with Gasteiger partial charge in [0, 0.05) is 28.2 Å². The highest BCUT2D eigenvalue weighted by Crippen LogP contribution is 2.26. The Morgan fingerprint density at radius 2 is 1.95 bits per heavy atom. The minimum absolute atomic E-state index is 0.0185. The van der Waals surface area contributed by atoms with Crippen LogP contribution in [0.5, 0.6) is 0 Å². The molecule has 2 atom stereocenters. The van der Waals surface area contributed by atoms with Gasteiger partial charge in [-0.2, -0.15) is 0 Å². The van der Waals surface area contributed by atoms with E-state index < -0.39 is 0 Å². The maximum Gasteiger partial charge on any atom is 0.251 e. The van der Waals surface area contributed by atoms with Gasteiger partial charge in [-0.1, -0.05) is 22.0 Å². The van der Waals surface area contributed by atoms with E-state index in [1.54, 1.807) is 18.2 Å². The summed E-state index contributed by atoms with van der Waals surface area (Å²) >= 11 is 3.33. The van der Waals surface area contributed by atoms with Crippen molar-refractivity contribution in [1.82, 2.24) is 16.0 Å². The Morgan fingerprint density at radius 1 is 1.23 bits per heavy atom. The normalized spacial score (nSPS) is 26.5. The van der Waals surface area contributed by atoms with Crippen molar-refractivity contribution >= 4 is 27.7 Å². The van der Waals surface area contributed by atoms with Crippen molar-refractivity contribution in [2.75, 3.05) is 6.54 Å². The first-order valence-electron chi connectivity index (χ1n) is 7.69. The highest BCUT2D eigenvalue weighted by molar-refractivity contribution is 9.10. The van der Waals surface area contributed by atoms with Gasteiger partial charge >= 0.3 is 0 Å². The molecule has 3 rings (SSSR count). The van der Waals surface area contributed by atoms with E-state index in [0.29, 0.717) is 17.6 Å². The Balaban J connectivity index is 1.45. The molecule has 22 heavy (non-hydrogen) atoms. The van der Waals surface area contributed by atoms with Crippen LogP contribution in [0.25, 0.3) is 0 Å². The van der Waals surface area contributed by atoms with Gasteiger partial charge < -0.3 is 16.0 Å². The molecule has 2 heterocycles. The summed E-state index contributed by atoms with van der Waals surface area (Å²) in [5.74, 6) is -0.350. The van der Waals surface area contributed by atoms with E-state index in [9.17, 15) is 9.59 Å². The van der Waals surface area contributed by atoms with E-state index >= 15 is 0 Å². The van der Waals surface area contributed by atoms with Crippen LogP contribution < -0.4 is 16.0 Å².